The van der Waals surface area contributed by atoms with Gasteiger partial charge in [-0.25, -0.2) is 4.39 Å². The van der Waals surface area contributed by atoms with Crippen molar-refractivity contribution in [1.29, 1.82) is 0 Å². The van der Waals surface area contributed by atoms with E-state index in [1.54, 1.807) is 17.0 Å². The highest BCUT2D eigenvalue weighted by Crippen LogP contribution is 2.16. The Morgan fingerprint density at radius 1 is 1.12 bits per heavy atom. The van der Waals surface area contributed by atoms with Crippen LogP contribution in [0.3, 0.4) is 0 Å². The first kappa shape index (κ1) is 22.4. The molecule has 2 rings (SSSR count). The molecule has 0 saturated carbocycles. The first-order valence-corrected chi connectivity index (χ1v) is 9.15. The summed E-state index contributed by atoms with van der Waals surface area (Å²) in [4.78, 5) is 26.0. The molecule has 1 saturated heterocycles. The Morgan fingerprint density at radius 2 is 1.77 bits per heavy atom. The molecule has 146 valence electrons. The number of unbranched alkanes of at least 4 members (excludes halogenated alkanes) is 3. The summed E-state index contributed by atoms with van der Waals surface area (Å²) >= 11 is 0. The number of piperidine rings is 1. The maximum atomic E-state index is 13.7. The van der Waals surface area contributed by atoms with Gasteiger partial charge in [-0.2, -0.15) is 0 Å². The maximum Gasteiger partial charge on any atom is 0.256 e. The molecular formula is C19H29ClFN3O2. The minimum absolute atomic E-state index is 0. The largest absolute Gasteiger partial charge is 0.353 e. The van der Waals surface area contributed by atoms with E-state index in [0.29, 0.717) is 38.9 Å². The van der Waals surface area contributed by atoms with Crippen LogP contribution in [0, 0.1) is 5.82 Å². The molecule has 1 aliphatic heterocycles. The summed E-state index contributed by atoms with van der Waals surface area (Å²) in [5, 5.41) is 3.04. The second-order valence-corrected chi connectivity index (χ2v) is 6.57. The Labute approximate surface area is 160 Å². The predicted molar refractivity (Wildman–Crippen MR) is 103 cm³/mol. The van der Waals surface area contributed by atoms with E-state index in [0.717, 1.165) is 25.7 Å². The third-order valence-corrected chi connectivity index (χ3v) is 4.61. The van der Waals surface area contributed by atoms with Gasteiger partial charge in [-0.15, -0.1) is 12.4 Å². The molecule has 0 unspecified atom stereocenters. The predicted octanol–water partition coefficient (Wildman–Crippen LogP) is 2.88. The van der Waals surface area contributed by atoms with Crippen LogP contribution in [0.5, 0.6) is 0 Å². The van der Waals surface area contributed by atoms with Gasteiger partial charge < -0.3 is 16.0 Å². The van der Waals surface area contributed by atoms with Gasteiger partial charge in [-0.1, -0.05) is 25.0 Å². The lowest BCUT2D eigenvalue weighted by molar-refractivity contribution is -0.122. The van der Waals surface area contributed by atoms with Gasteiger partial charge in [0.15, 0.2) is 0 Å². The van der Waals surface area contributed by atoms with Gasteiger partial charge in [0.05, 0.1) is 5.56 Å². The van der Waals surface area contributed by atoms with E-state index in [4.69, 9.17) is 5.73 Å². The average Bonchev–Trinajstić information content (AvgIpc) is 2.62. The summed E-state index contributed by atoms with van der Waals surface area (Å²) in [5.74, 6) is -0.688. The first-order chi connectivity index (χ1) is 12.1. The van der Waals surface area contributed by atoms with Crippen molar-refractivity contribution in [3.05, 3.63) is 35.6 Å². The van der Waals surface area contributed by atoms with E-state index in [9.17, 15) is 14.0 Å². The number of halogens is 2. The van der Waals surface area contributed by atoms with Gasteiger partial charge in [-0.3, -0.25) is 9.59 Å². The fourth-order valence-electron chi connectivity index (χ4n) is 3.12. The molecule has 26 heavy (non-hydrogen) atoms. The second kappa shape index (κ2) is 11.9. The van der Waals surface area contributed by atoms with E-state index < -0.39 is 5.82 Å². The standard InChI is InChI=1S/C19H28FN3O2.ClH/c20-17-8-5-4-7-16(17)19(25)23-13-10-15(11-14-23)22-18(24)9-3-1-2-6-12-21;/h4-5,7-8,15H,1-3,6,9-14,21H2,(H,22,24);1H. The van der Waals surface area contributed by atoms with E-state index >= 15 is 0 Å². The number of likely N-dealkylation sites (tertiary alicyclic amines) is 1. The lowest BCUT2D eigenvalue weighted by Gasteiger charge is -2.32. The van der Waals surface area contributed by atoms with Crippen molar-refractivity contribution in [2.75, 3.05) is 19.6 Å². The average molecular weight is 386 g/mol. The number of hydrogen-bond donors (Lipinski definition) is 2. The highest BCUT2D eigenvalue weighted by atomic mass is 35.5. The van der Waals surface area contributed by atoms with Gasteiger partial charge in [0.1, 0.15) is 5.82 Å². The fraction of sp³-hybridized carbons (Fsp3) is 0.579. The SMILES string of the molecule is Cl.NCCCCCCC(=O)NC1CCN(C(=O)c2ccccc2F)CC1. The molecule has 1 fully saturated rings. The zero-order valence-corrected chi connectivity index (χ0v) is 15.9. The molecule has 0 aliphatic carbocycles. The molecule has 1 aliphatic rings. The highest BCUT2D eigenvalue weighted by molar-refractivity contribution is 5.94. The zero-order valence-electron chi connectivity index (χ0n) is 15.1. The summed E-state index contributed by atoms with van der Waals surface area (Å²) < 4.78 is 13.7. The van der Waals surface area contributed by atoms with Crippen LogP contribution < -0.4 is 11.1 Å². The summed E-state index contributed by atoms with van der Waals surface area (Å²) in [6.07, 6.45) is 5.95. The number of nitrogens with two attached hydrogens (primary N) is 1. The number of nitrogens with one attached hydrogen (secondary N) is 1. The molecule has 1 aromatic rings. The van der Waals surface area contributed by atoms with Gasteiger partial charge in [0.2, 0.25) is 5.91 Å². The van der Waals surface area contributed by atoms with E-state index in [1.807, 2.05) is 0 Å². The van der Waals surface area contributed by atoms with Crippen LogP contribution in [0.15, 0.2) is 24.3 Å². The summed E-state index contributed by atoms with van der Waals surface area (Å²) in [7, 11) is 0. The van der Waals surface area contributed by atoms with Crippen LogP contribution in [0.25, 0.3) is 0 Å². The number of nitrogens with zero attached hydrogens (tertiary/aromatic N) is 1. The Hall–Kier alpha value is -1.66. The number of benzene rings is 1. The number of amides is 2. The van der Waals surface area contributed by atoms with Gasteiger partial charge >= 0.3 is 0 Å². The summed E-state index contributed by atoms with van der Waals surface area (Å²) in [6, 6.07) is 6.14. The van der Waals surface area contributed by atoms with E-state index in [1.165, 1.54) is 12.1 Å². The molecule has 0 spiro atoms. The maximum absolute atomic E-state index is 13.7. The molecular weight excluding hydrogens is 357 g/mol. The van der Waals surface area contributed by atoms with E-state index in [2.05, 4.69) is 5.32 Å². The molecule has 1 aromatic carbocycles. The normalized spacial score (nSPS) is 14.6. The Morgan fingerprint density at radius 3 is 2.42 bits per heavy atom. The number of carbonyl (C=O) groups excluding carboxylic acids is 2. The quantitative estimate of drug-likeness (QED) is 0.675. The molecule has 0 aromatic heterocycles. The molecule has 1 heterocycles. The lowest BCUT2D eigenvalue weighted by atomic mass is 10.0. The van der Waals surface area contributed by atoms with Crippen molar-refractivity contribution in [3.8, 4) is 0 Å². The monoisotopic (exact) mass is 385 g/mol. The topological polar surface area (TPSA) is 75.4 Å². The lowest BCUT2D eigenvalue weighted by Crippen LogP contribution is -2.46. The van der Waals surface area contributed by atoms with Crippen LogP contribution >= 0.6 is 12.4 Å². The van der Waals surface area contributed by atoms with Crippen molar-refractivity contribution in [1.82, 2.24) is 10.2 Å². The highest BCUT2D eigenvalue weighted by Gasteiger charge is 2.25. The molecule has 0 radical (unpaired) electrons. The van der Waals surface area contributed by atoms with Gasteiger partial charge in [0.25, 0.3) is 5.91 Å². The van der Waals surface area contributed by atoms with Crippen molar-refractivity contribution in [3.63, 3.8) is 0 Å². The second-order valence-electron chi connectivity index (χ2n) is 6.57. The summed E-state index contributed by atoms with van der Waals surface area (Å²) in [6.45, 7) is 1.78. The van der Waals surface area contributed by atoms with E-state index in [-0.39, 0.29) is 35.8 Å². The van der Waals surface area contributed by atoms with Crippen LogP contribution in [0.1, 0.15) is 55.3 Å². The third kappa shape index (κ3) is 6.92. The van der Waals surface area contributed by atoms with Crippen molar-refractivity contribution >= 4 is 24.2 Å². The van der Waals surface area contributed by atoms with Crippen molar-refractivity contribution in [2.24, 2.45) is 5.73 Å². The number of rotatable bonds is 8. The number of hydrogen-bond acceptors (Lipinski definition) is 3. The smallest absolute Gasteiger partial charge is 0.256 e. The van der Waals surface area contributed by atoms with Crippen LogP contribution in [-0.2, 0) is 4.79 Å². The minimum Gasteiger partial charge on any atom is -0.353 e. The molecule has 5 nitrogen and oxygen atoms in total. The van der Waals surface area contributed by atoms with Crippen molar-refractivity contribution in [2.45, 2.75) is 51.0 Å². The first-order valence-electron chi connectivity index (χ1n) is 9.15. The Balaban J connectivity index is 0.00000338. The fourth-order valence-corrected chi connectivity index (χ4v) is 3.12. The van der Waals surface area contributed by atoms with Crippen LogP contribution in [0.2, 0.25) is 0 Å². The summed E-state index contributed by atoms with van der Waals surface area (Å²) in [5.41, 5.74) is 5.56. The van der Waals surface area contributed by atoms with Crippen LogP contribution in [-0.4, -0.2) is 42.4 Å². The Kier molecular flexibility index (Phi) is 10.2. The zero-order chi connectivity index (χ0) is 18.1. The third-order valence-electron chi connectivity index (χ3n) is 4.61. The van der Waals surface area contributed by atoms with Crippen molar-refractivity contribution < 1.29 is 14.0 Å². The van der Waals surface area contributed by atoms with Gasteiger partial charge in [-0.05, 0) is 44.4 Å². The molecule has 3 N–H and O–H groups in total. The molecule has 0 bridgehead atoms. The molecule has 7 heteroatoms. The Bertz CT molecular complexity index is 578. The van der Waals surface area contributed by atoms with Crippen LogP contribution in [0.4, 0.5) is 4.39 Å². The van der Waals surface area contributed by atoms with Gasteiger partial charge in [0, 0.05) is 25.6 Å². The molecule has 0 atom stereocenters. The molecule has 2 amide bonds. The minimum atomic E-state index is -0.488. The number of carbonyl (C=O) groups is 2.